The molecule has 0 fully saturated rings. The average molecular weight is 305 g/mol. The van der Waals surface area contributed by atoms with Gasteiger partial charge < -0.3 is 0 Å². The molecule has 4 nitrogen and oxygen atoms in total. The Bertz CT molecular complexity index is 747. The summed E-state index contributed by atoms with van der Waals surface area (Å²) in [5, 5.41) is 0.672. The molecule has 0 spiro atoms. The number of fused-ring (bicyclic) bond motifs is 1. The number of rotatable bonds is 2. The van der Waals surface area contributed by atoms with Gasteiger partial charge in [0.15, 0.2) is 0 Å². The van der Waals surface area contributed by atoms with Gasteiger partial charge >= 0.3 is 109 Å². The second-order valence-corrected chi connectivity index (χ2v) is 5.78. The fourth-order valence-electron chi connectivity index (χ4n) is 1.83. The third-order valence-electron chi connectivity index (χ3n) is 2.65. The average Bonchev–Trinajstić information content (AvgIpc) is 2.77. The molecule has 2 aromatic heterocycles. The Hall–Kier alpha value is -1.84. The molecule has 0 saturated carbocycles. The zero-order valence-electron chi connectivity index (χ0n) is 9.66. The van der Waals surface area contributed by atoms with Gasteiger partial charge in [-0.25, -0.2) is 0 Å². The molecule has 3 aromatic rings. The standard InChI is InChI=1S/C13H10N2O2Se/c1-17-9-5-4-6-10-12(9)13(16)15(18-10)11-7-2-3-8-14-11/h2-8H,1H3. The number of methoxy groups -OCH3 is 1. The fourth-order valence-corrected chi connectivity index (χ4v) is 3.91. The van der Waals surface area contributed by atoms with Crippen molar-refractivity contribution in [3.63, 3.8) is 0 Å². The molecule has 2 heterocycles. The zero-order chi connectivity index (χ0) is 12.5. The van der Waals surface area contributed by atoms with Gasteiger partial charge in [0.1, 0.15) is 0 Å². The molecule has 0 radical (unpaired) electrons. The molecule has 0 aliphatic heterocycles. The van der Waals surface area contributed by atoms with E-state index in [1.54, 1.807) is 16.9 Å². The van der Waals surface area contributed by atoms with E-state index in [1.807, 2.05) is 36.4 Å². The second-order valence-electron chi connectivity index (χ2n) is 3.71. The van der Waals surface area contributed by atoms with E-state index in [2.05, 4.69) is 4.98 Å². The molecular formula is C13H10N2O2Se. The monoisotopic (exact) mass is 306 g/mol. The molecule has 0 N–H and O–H groups in total. The second kappa shape index (κ2) is 4.44. The van der Waals surface area contributed by atoms with Gasteiger partial charge in [0.2, 0.25) is 0 Å². The number of benzene rings is 1. The van der Waals surface area contributed by atoms with Crippen molar-refractivity contribution in [3.05, 3.63) is 52.9 Å². The summed E-state index contributed by atoms with van der Waals surface area (Å²) in [7, 11) is 1.58. The summed E-state index contributed by atoms with van der Waals surface area (Å²) in [4.78, 5) is 16.6. The Balaban J connectivity index is 2.34. The first kappa shape index (κ1) is 11.3. The van der Waals surface area contributed by atoms with E-state index < -0.39 is 0 Å². The van der Waals surface area contributed by atoms with Gasteiger partial charge in [0.25, 0.3) is 0 Å². The van der Waals surface area contributed by atoms with Crippen molar-refractivity contribution >= 4 is 24.4 Å². The summed E-state index contributed by atoms with van der Waals surface area (Å²) in [5.41, 5.74) is -0.0267. The van der Waals surface area contributed by atoms with Crippen molar-refractivity contribution in [1.82, 2.24) is 8.55 Å². The predicted molar refractivity (Wildman–Crippen MR) is 70.8 cm³/mol. The maximum atomic E-state index is 12.4. The molecule has 90 valence electrons. The Labute approximate surface area is 109 Å². The summed E-state index contributed by atoms with van der Waals surface area (Å²) in [6.07, 6.45) is 1.69. The van der Waals surface area contributed by atoms with E-state index >= 15 is 0 Å². The fraction of sp³-hybridized carbons (Fsp3) is 0.0769. The summed E-state index contributed by atoms with van der Waals surface area (Å²) in [5.74, 6) is 1.33. The van der Waals surface area contributed by atoms with Crippen LogP contribution in [-0.2, 0) is 0 Å². The van der Waals surface area contributed by atoms with Crippen molar-refractivity contribution in [3.8, 4) is 11.6 Å². The van der Waals surface area contributed by atoms with Crippen LogP contribution < -0.4 is 10.3 Å². The van der Waals surface area contributed by atoms with Gasteiger partial charge in [0.05, 0.1) is 0 Å². The predicted octanol–water partition coefficient (Wildman–Crippen LogP) is 1.45. The van der Waals surface area contributed by atoms with Crippen LogP contribution in [0.15, 0.2) is 47.4 Å². The van der Waals surface area contributed by atoms with Crippen molar-refractivity contribution in [1.29, 1.82) is 0 Å². The number of pyridine rings is 1. The van der Waals surface area contributed by atoms with Gasteiger partial charge in [-0.2, -0.15) is 0 Å². The van der Waals surface area contributed by atoms with E-state index in [1.165, 1.54) is 0 Å². The van der Waals surface area contributed by atoms with Gasteiger partial charge in [-0.15, -0.1) is 0 Å². The molecular weight excluding hydrogens is 295 g/mol. The third kappa shape index (κ3) is 1.68. The Morgan fingerprint density at radius 2 is 2.11 bits per heavy atom. The minimum absolute atomic E-state index is 0.0267. The number of hydrogen-bond donors (Lipinski definition) is 0. The topological polar surface area (TPSA) is 44.1 Å². The van der Waals surface area contributed by atoms with Crippen molar-refractivity contribution < 1.29 is 4.74 Å². The van der Waals surface area contributed by atoms with E-state index in [0.717, 1.165) is 4.26 Å². The van der Waals surface area contributed by atoms with E-state index in [-0.39, 0.29) is 20.3 Å². The van der Waals surface area contributed by atoms with Crippen LogP contribution in [0, 0.1) is 0 Å². The van der Waals surface area contributed by atoms with Crippen LogP contribution in [0.4, 0.5) is 0 Å². The molecule has 0 unspecified atom stereocenters. The molecule has 1 aromatic carbocycles. The number of nitrogens with zero attached hydrogens (tertiary/aromatic N) is 2. The van der Waals surface area contributed by atoms with E-state index in [4.69, 9.17) is 4.74 Å². The van der Waals surface area contributed by atoms with Crippen LogP contribution in [0.5, 0.6) is 5.75 Å². The Morgan fingerprint density at radius 3 is 2.83 bits per heavy atom. The van der Waals surface area contributed by atoms with Gasteiger partial charge in [-0.3, -0.25) is 0 Å². The summed E-state index contributed by atoms with van der Waals surface area (Å²) >= 11 is -0.0741. The molecule has 0 aliphatic carbocycles. The summed E-state index contributed by atoms with van der Waals surface area (Å²) < 4.78 is 8.02. The van der Waals surface area contributed by atoms with Crippen LogP contribution in [0.25, 0.3) is 15.5 Å². The molecule has 0 atom stereocenters. The molecule has 0 saturated heterocycles. The van der Waals surface area contributed by atoms with E-state index in [0.29, 0.717) is 17.0 Å². The zero-order valence-corrected chi connectivity index (χ0v) is 11.4. The molecule has 0 aliphatic rings. The number of ether oxygens (including phenoxy) is 1. The third-order valence-corrected chi connectivity index (χ3v) is 4.90. The van der Waals surface area contributed by atoms with E-state index in [9.17, 15) is 4.79 Å². The molecule has 18 heavy (non-hydrogen) atoms. The van der Waals surface area contributed by atoms with Crippen molar-refractivity contribution in [2.75, 3.05) is 7.11 Å². The Morgan fingerprint density at radius 1 is 1.22 bits per heavy atom. The molecule has 3 rings (SSSR count). The van der Waals surface area contributed by atoms with Crippen LogP contribution in [0.1, 0.15) is 0 Å². The number of aromatic nitrogens is 2. The normalized spacial score (nSPS) is 10.7. The first-order chi connectivity index (χ1) is 8.81. The quantitative estimate of drug-likeness (QED) is 0.673. The van der Waals surface area contributed by atoms with Crippen LogP contribution in [-0.4, -0.2) is 30.4 Å². The molecule has 5 heteroatoms. The SMILES string of the molecule is COc1cccc2[se]n(-c3ccccn3)c(=O)c12. The summed E-state index contributed by atoms with van der Waals surface area (Å²) in [6.45, 7) is 0. The summed E-state index contributed by atoms with van der Waals surface area (Å²) in [6, 6.07) is 11.3. The van der Waals surface area contributed by atoms with Gasteiger partial charge in [-0.05, 0) is 0 Å². The maximum absolute atomic E-state index is 12.4. The molecule has 0 bridgehead atoms. The molecule has 0 amide bonds. The van der Waals surface area contributed by atoms with Crippen molar-refractivity contribution in [2.45, 2.75) is 0 Å². The van der Waals surface area contributed by atoms with Crippen LogP contribution in [0.3, 0.4) is 0 Å². The van der Waals surface area contributed by atoms with Gasteiger partial charge in [0, 0.05) is 0 Å². The number of hydrogen-bond acceptors (Lipinski definition) is 3. The van der Waals surface area contributed by atoms with Crippen molar-refractivity contribution in [2.24, 2.45) is 0 Å². The minimum atomic E-state index is -0.0741. The first-order valence-corrected chi connectivity index (χ1v) is 7.04. The van der Waals surface area contributed by atoms with Gasteiger partial charge in [-0.1, -0.05) is 0 Å². The first-order valence-electron chi connectivity index (χ1n) is 5.41. The van der Waals surface area contributed by atoms with Crippen LogP contribution >= 0.6 is 0 Å². The Kier molecular flexibility index (Phi) is 2.78. The van der Waals surface area contributed by atoms with Crippen LogP contribution in [0.2, 0.25) is 0 Å².